The van der Waals surface area contributed by atoms with E-state index in [9.17, 15) is 5.11 Å². The largest absolute Gasteiger partial charge is 0.508 e. The molecule has 4 aromatic rings. The van der Waals surface area contributed by atoms with Crippen LogP contribution in [0, 0.1) is 13.8 Å². The number of phenols is 1. The summed E-state index contributed by atoms with van der Waals surface area (Å²) < 4.78 is 5.88. The molecule has 1 aliphatic rings. The molecule has 0 amide bonds. The zero-order valence-electron chi connectivity index (χ0n) is 19.6. The van der Waals surface area contributed by atoms with Crippen LogP contribution >= 0.6 is 0 Å². The number of ether oxygens (including phenoxy) is 1. The molecular weight excluding hydrogens is 426 g/mol. The van der Waals surface area contributed by atoms with Gasteiger partial charge in [-0.05, 0) is 111 Å². The van der Waals surface area contributed by atoms with Crippen molar-refractivity contribution in [1.29, 1.82) is 0 Å². The van der Waals surface area contributed by atoms with Crippen molar-refractivity contribution in [1.82, 2.24) is 20.1 Å². The van der Waals surface area contributed by atoms with Gasteiger partial charge in [-0.1, -0.05) is 6.07 Å². The molecule has 7 nitrogen and oxygen atoms in total. The first-order valence-corrected chi connectivity index (χ1v) is 11.7. The highest BCUT2D eigenvalue weighted by Gasteiger charge is 2.12. The molecule has 7 heteroatoms. The van der Waals surface area contributed by atoms with Gasteiger partial charge in [0.05, 0.1) is 5.52 Å². The highest BCUT2D eigenvalue weighted by Crippen LogP contribution is 2.31. The average Bonchev–Trinajstić information content (AvgIpc) is 3.36. The van der Waals surface area contributed by atoms with Crippen LogP contribution in [0.4, 0.5) is 11.6 Å². The van der Waals surface area contributed by atoms with Crippen LogP contribution in [0.3, 0.4) is 0 Å². The van der Waals surface area contributed by atoms with E-state index in [0.717, 1.165) is 45.8 Å². The van der Waals surface area contributed by atoms with Crippen molar-refractivity contribution in [3.05, 3.63) is 65.7 Å². The standard InChI is InChI=1S/C27H29N5O2/c1-18-5-8-22(33)17-24(18)20-15-19(2)26-25(16-20)30-31-27(29-26)28-21-6-9-23(10-7-21)34-14-13-32-11-3-4-12-32/h5-10,15-17,33H,3-4,11-14H2,1-2H3,(H,28,29,31). The van der Waals surface area contributed by atoms with E-state index in [1.54, 1.807) is 12.1 Å². The molecule has 3 aromatic carbocycles. The maximum absolute atomic E-state index is 9.90. The van der Waals surface area contributed by atoms with Gasteiger partial charge in [0.15, 0.2) is 0 Å². The smallest absolute Gasteiger partial charge is 0.247 e. The van der Waals surface area contributed by atoms with Crippen LogP contribution in [0.1, 0.15) is 24.0 Å². The number of aryl methyl sites for hydroxylation is 2. The topological polar surface area (TPSA) is 83.4 Å². The minimum absolute atomic E-state index is 0.241. The highest BCUT2D eigenvalue weighted by atomic mass is 16.5. The first-order chi connectivity index (χ1) is 16.5. The molecule has 1 saturated heterocycles. The number of phenolic OH excluding ortho intramolecular Hbond substituents is 1. The second-order valence-corrected chi connectivity index (χ2v) is 8.84. The number of anilines is 2. The molecule has 5 rings (SSSR count). The fourth-order valence-electron chi connectivity index (χ4n) is 4.40. The van der Waals surface area contributed by atoms with Crippen LogP contribution in [0.15, 0.2) is 54.6 Å². The van der Waals surface area contributed by atoms with Crippen LogP contribution in [0.2, 0.25) is 0 Å². The normalized spacial score (nSPS) is 13.9. The summed E-state index contributed by atoms with van der Waals surface area (Å²) in [7, 11) is 0. The Bertz CT molecular complexity index is 1300. The number of aromatic nitrogens is 3. The second-order valence-electron chi connectivity index (χ2n) is 8.84. The predicted octanol–water partition coefficient (Wildman–Crippen LogP) is 5.23. The number of aromatic hydroxyl groups is 1. The van der Waals surface area contributed by atoms with Crippen molar-refractivity contribution < 1.29 is 9.84 Å². The zero-order chi connectivity index (χ0) is 23.5. The molecule has 0 radical (unpaired) electrons. The van der Waals surface area contributed by atoms with Gasteiger partial charge in [0.1, 0.15) is 23.6 Å². The number of fused-ring (bicyclic) bond motifs is 1. The Morgan fingerprint density at radius 1 is 0.941 bits per heavy atom. The summed E-state index contributed by atoms with van der Waals surface area (Å²) in [6, 6.07) is 17.2. The van der Waals surface area contributed by atoms with Crippen molar-refractivity contribution in [2.24, 2.45) is 0 Å². The molecule has 2 N–H and O–H groups in total. The first kappa shape index (κ1) is 22.1. The highest BCUT2D eigenvalue weighted by molar-refractivity contribution is 5.85. The number of hydrogen-bond donors (Lipinski definition) is 2. The molecule has 1 fully saturated rings. The van der Waals surface area contributed by atoms with E-state index in [-0.39, 0.29) is 5.75 Å². The van der Waals surface area contributed by atoms with Crippen LogP contribution in [-0.4, -0.2) is 51.4 Å². The van der Waals surface area contributed by atoms with E-state index in [4.69, 9.17) is 9.72 Å². The Kier molecular flexibility index (Phi) is 6.27. The minimum Gasteiger partial charge on any atom is -0.508 e. The van der Waals surface area contributed by atoms with E-state index >= 15 is 0 Å². The molecule has 0 bridgehead atoms. The summed E-state index contributed by atoms with van der Waals surface area (Å²) in [5, 5.41) is 21.8. The Labute approximate surface area is 199 Å². The Morgan fingerprint density at radius 2 is 1.74 bits per heavy atom. The number of rotatable bonds is 7. The molecule has 0 atom stereocenters. The van der Waals surface area contributed by atoms with E-state index in [2.05, 4.69) is 26.5 Å². The maximum atomic E-state index is 9.90. The van der Waals surface area contributed by atoms with Gasteiger partial charge < -0.3 is 15.2 Å². The third-order valence-electron chi connectivity index (χ3n) is 6.27. The van der Waals surface area contributed by atoms with Crippen molar-refractivity contribution in [2.45, 2.75) is 26.7 Å². The van der Waals surface area contributed by atoms with Gasteiger partial charge in [-0.3, -0.25) is 4.90 Å². The van der Waals surface area contributed by atoms with Crippen molar-refractivity contribution in [3.63, 3.8) is 0 Å². The number of nitrogens with one attached hydrogen (secondary N) is 1. The summed E-state index contributed by atoms with van der Waals surface area (Å²) in [6.07, 6.45) is 2.59. The van der Waals surface area contributed by atoms with Crippen LogP contribution < -0.4 is 10.1 Å². The molecule has 0 spiro atoms. The molecule has 1 aromatic heterocycles. The molecule has 34 heavy (non-hydrogen) atoms. The summed E-state index contributed by atoms with van der Waals surface area (Å²) >= 11 is 0. The average molecular weight is 456 g/mol. The lowest BCUT2D eigenvalue weighted by Gasteiger charge is -2.15. The van der Waals surface area contributed by atoms with Crippen LogP contribution in [-0.2, 0) is 0 Å². The molecule has 1 aliphatic heterocycles. The molecule has 2 heterocycles. The van der Waals surface area contributed by atoms with Gasteiger partial charge >= 0.3 is 0 Å². The Balaban J connectivity index is 1.28. The van der Waals surface area contributed by atoms with Crippen molar-refractivity contribution in [2.75, 3.05) is 31.6 Å². The van der Waals surface area contributed by atoms with E-state index < -0.39 is 0 Å². The third-order valence-corrected chi connectivity index (χ3v) is 6.27. The summed E-state index contributed by atoms with van der Waals surface area (Å²) in [6.45, 7) is 8.08. The zero-order valence-corrected chi connectivity index (χ0v) is 19.6. The number of benzene rings is 3. The molecular formula is C27H29N5O2. The summed E-state index contributed by atoms with van der Waals surface area (Å²) in [4.78, 5) is 7.13. The lowest BCUT2D eigenvalue weighted by Crippen LogP contribution is -2.25. The fourth-order valence-corrected chi connectivity index (χ4v) is 4.40. The van der Waals surface area contributed by atoms with Gasteiger partial charge in [0.2, 0.25) is 5.95 Å². The van der Waals surface area contributed by atoms with Crippen LogP contribution in [0.25, 0.3) is 22.2 Å². The molecule has 0 aliphatic carbocycles. The van der Waals surface area contributed by atoms with E-state index in [1.807, 2.05) is 50.2 Å². The number of hydrogen-bond acceptors (Lipinski definition) is 7. The molecule has 0 saturated carbocycles. The summed E-state index contributed by atoms with van der Waals surface area (Å²) in [5.41, 5.74) is 6.41. The number of likely N-dealkylation sites (tertiary alicyclic amines) is 1. The SMILES string of the molecule is Cc1ccc(O)cc1-c1cc(C)c2nc(Nc3ccc(OCCN4CCCC4)cc3)nnc2c1. The van der Waals surface area contributed by atoms with Gasteiger partial charge in [-0.2, -0.15) is 0 Å². The van der Waals surface area contributed by atoms with Gasteiger partial charge in [-0.25, -0.2) is 4.98 Å². The van der Waals surface area contributed by atoms with Crippen molar-refractivity contribution in [3.8, 4) is 22.6 Å². The molecule has 174 valence electrons. The second kappa shape index (κ2) is 9.65. The van der Waals surface area contributed by atoms with Gasteiger partial charge in [0, 0.05) is 12.2 Å². The predicted molar refractivity (Wildman–Crippen MR) is 135 cm³/mol. The minimum atomic E-state index is 0.241. The number of nitrogens with zero attached hydrogens (tertiary/aromatic N) is 4. The Morgan fingerprint density at radius 3 is 2.53 bits per heavy atom. The third kappa shape index (κ3) is 4.94. The van der Waals surface area contributed by atoms with E-state index in [0.29, 0.717) is 18.1 Å². The molecule has 0 unspecified atom stereocenters. The monoisotopic (exact) mass is 455 g/mol. The first-order valence-electron chi connectivity index (χ1n) is 11.7. The fraction of sp³-hybridized carbons (Fsp3) is 0.296. The lowest BCUT2D eigenvalue weighted by molar-refractivity contribution is 0.238. The van der Waals surface area contributed by atoms with Gasteiger partial charge in [0.25, 0.3) is 0 Å². The van der Waals surface area contributed by atoms with Crippen molar-refractivity contribution >= 4 is 22.7 Å². The van der Waals surface area contributed by atoms with E-state index in [1.165, 1.54) is 25.9 Å². The van der Waals surface area contributed by atoms with Gasteiger partial charge in [-0.15, -0.1) is 10.2 Å². The Hall–Kier alpha value is -3.71. The summed E-state index contributed by atoms with van der Waals surface area (Å²) in [5.74, 6) is 1.54. The quantitative estimate of drug-likeness (QED) is 0.395. The van der Waals surface area contributed by atoms with Crippen LogP contribution in [0.5, 0.6) is 11.5 Å². The lowest BCUT2D eigenvalue weighted by atomic mass is 9.98. The maximum Gasteiger partial charge on any atom is 0.247 e.